The van der Waals surface area contributed by atoms with Gasteiger partial charge in [-0.1, -0.05) is 30.3 Å². The van der Waals surface area contributed by atoms with Crippen LogP contribution in [0.5, 0.6) is 5.75 Å². The Kier molecular flexibility index (Phi) is 5.77. The van der Waals surface area contributed by atoms with Gasteiger partial charge in [0.15, 0.2) is 4.96 Å². The Balaban J connectivity index is 1.62. The topological polar surface area (TPSA) is 46.8 Å². The summed E-state index contributed by atoms with van der Waals surface area (Å²) in [7, 11) is 5.73. The predicted molar refractivity (Wildman–Crippen MR) is 137 cm³/mol. The number of ether oxygens (including phenoxy) is 1. The fourth-order valence-corrected chi connectivity index (χ4v) is 4.86. The van der Waals surface area contributed by atoms with Crippen molar-refractivity contribution < 1.29 is 4.74 Å². The first-order valence-electron chi connectivity index (χ1n) is 11.2. The summed E-state index contributed by atoms with van der Waals surface area (Å²) in [6.45, 7) is 0. The van der Waals surface area contributed by atoms with Gasteiger partial charge in [-0.2, -0.15) is 0 Å². The van der Waals surface area contributed by atoms with E-state index in [1.54, 1.807) is 17.7 Å². The lowest BCUT2D eigenvalue weighted by Gasteiger charge is -2.13. The van der Waals surface area contributed by atoms with Crippen molar-refractivity contribution in [3.8, 4) is 16.9 Å². The molecule has 1 aliphatic rings. The molecule has 0 spiro atoms. The van der Waals surface area contributed by atoms with Crippen LogP contribution in [-0.4, -0.2) is 30.6 Å². The van der Waals surface area contributed by atoms with Crippen LogP contribution in [0.4, 0.5) is 5.69 Å². The molecule has 0 bridgehead atoms. The summed E-state index contributed by atoms with van der Waals surface area (Å²) in [5.41, 5.74) is 5.53. The summed E-state index contributed by atoms with van der Waals surface area (Å²) in [4.78, 5) is 21.0. The first kappa shape index (κ1) is 21.5. The van der Waals surface area contributed by atoms with Gasteiger partial charge in [-0.15, -0.1) is 11.3 Å². The number of methoxy groups -OCH3 is 1. The van der Waals surface area contributed by atoms with E-state index in [9.17, 15) is 4.79 Å². The van der Waals surface area contributed by atoms with Crippen molar-refractivity contribution in [3.05, 3.63) is 81.2 Å². The monoisotopic (exact) mass is 457 g/mol. The summed E-state index contributed by atoms with van der Waals surface area (Å²) in [6, 6.07) is 14.2. The Morgan fingerprint density at radius 3 is 2.64 bits per heavy atom. The van der Waals surface area contributed by atoms with Crippen molar-refractivity contribution in [2.24, 2.45) is 5.92 Å². The van der Waals surface area contributed by atoms with Crippen LogP contribution in [0.15, 0.2) is 58.8 Å². The number of nitrogens with zero attached hydrogens (tertiary/aromatic N) is 3. The molecule has 2 heterocycles. The van der Waals surface area contributed by atoms with E-state index in [0.29, 0.717) is 16.2 Å². The van der Waals surface area contributed by atoms with Crippen LogP contribution in [0.1, 0.15) is 29.7 Å². The van der Waals surface area contributed by atoms with Gasteiger partial charge in [-0.05, 0) is 60.6 Å². The molecular formula is C27H27N3O2S. The van der Waals surface area contributed by atoms with Gasteiger partial charge in [0, 0.05) is 36.9 Å². The van der Waals surface area contributed by atoms with Crippen LogP contribution >= 0.6 is 11.3 Å². The van der Waals surface area contributed by atoms with Gasteiger partial charge in [-0.25, -0.2) is 4.98 Å². The highest BCUT2D eigenvalue weighted by atomic mass is 32.1. The average Bonchev–Trinajstić information content (AvgIpc) is 3.51. The molecule has 33 heavy (non-hydrogen) atoms. The summed E-state index contributed by atoms with van der Waals surface area (Å²) in [6.07, 6.45) is 9.41. The van der Waals surface area contributed by atoms with E-state index in [2.05, 4.69) is 12.1 Å². The minimum atomic E-state index is -0.0534. The van der Waals surface area contributed by atoms with Crippen molar-refractivity contribution in [2.75, 3.05) is 26.1 Å². The van der Waals surface area contributed by atoms with Crippen LogP contribution in [0, 0.1) is 5.92 Å². The standard InChI is InChI=1S/C27H27N3O2S/c1-29(2)21-12-9-20(10-13-21)25-23(28-27-30(26(25)31)15-16-33-27)14-11-19-5-4-6-24(32-3)22(19)17-18-7-8-18/h4-6,9-16,18H,7-8,17H2,1-3H3/b14-11+. The highest BCUT2D eigenvalue weighted by molar-refractivity contribution is 7.15. The Bertz CT molecular complexity index is 1380. The van der Waals surface area contributed by atoms with Gasteiger partial charge in [0.1, 0.15) is 5.75 Å². The number of aromatic nitrogens is 2. The molecular weight excluding hydrogens is 430 g/mol. The number of anilines is 1. The number of fused-ring (bicyclic) bond motifs is 1. The fourth-order valence-electron chi connectivity index (χ4n) is 4.14. The molecule has 0 aliphatic heterocycles. The number of thiazole rings is 1. The fraction of sp³-hybridized carbons (Fsp3) is 0.259. The van der Waals surface area contributed by atoms with Crippen molar-refractivity contribution in [1.29, 1.82) is 0 Å². The maximum atomic E-state index is 13.4. The van der Waals surface area contributed by atoms with Crippen LogP contribution in [0.3, 0.4) is 0 Å². The van der Waals surface area contributed by atoms with E-state index in [1.807, 2.05) is 66.8 Å². The Morgan fingerprint density at radius 1 is 1.15 bits per heavy atom. The van der Waals surface area contributed by atoms with Gasteiger partial charge in [0.25, 0.3) is 5.56 Å². The number of hydrogen-bond donors (Lipinski definition) is 0. The van der Waals surface area contributed by atoms with Crippen LogP contribution < -0.4 is 15.2 Å². The molecule has 0 saturated heterocycles. The van der Waals surface area contributed by atoms with Crippen LogP contribution in [-0.2, 0) is 6.42 Å². The number of rotatable bonds is 7. The maximum Gasteiger partial charge on any atom is 0.266 e. The molecule has 0 N–H and O–H groups in total. The normalized spacial score (nSPS) is 13.7. The Hall–Kier alpha value is -3.38. The average molecular weight is 458 g/mol. The van der Waals surface area contributed by atoms with Crippen molar-refractivity contribution >= 4 is 34.1 Å². The summed E-state index contributed by atoms with van der Waals surface area (Å²) in [5, 5.41) is 1.89. The first-order chi connectivity index (χ1) is 16.0. The maximum absolute atomic E-state index is 13.4. The van der Waals surface area contributed by atoms with Crippen molar-refractivity contribution in [1.82, 2.24) is 9.38 Å². The smallest absolute Gasteiger partial charge is 0.266 e. The lowest BCUT2D eigenvalue weighted by atomic mass is 9.99. The second-order valence-electron chi connectivity index (χ2n) is 8.68. The summed E-state index contributed by atoms with van der Waals surface area (Å²) < 4.78 is 7.28. The molecule has 1 fully saturated rings. The van der Waals surface area contributed by atoms with Crippen LogP contribution in [0.25, 0.3) is 28.2 Å². The first-order valence-corrected chi connectivity index (χ1v) is 12.0. The van der Waals surface area contributed by atoms with Gasteiger partial charge >= 0.3 is 0 Å². The number of benzene rings is 2. The molecule has 6 heteroatoms. The van der Waals surface area contributed by atoms with Gasteiger partial charge in [-0.3, -0.25) is 9.20 Å². The summed E-state index contributed by atoms with van der Waals surface area (Å²) >= 11 is 1.46. The molecule has 2 aromatic carbocycles. The minimum Gasteiger partial charge on any atom is -0.496 e. The van der Waals surface area contributed by atoms with Gasteiger partial charge in [0.2, 0.25) is 0 Å². The number of hydrogen-bond acceptors (Lipinski definition) is 5. The molecule has 1 aliphatic carbocycles. The van der Waals surface area contributed by atoms with E-state index < -0.39 is 0 Å². The molecule has 0 amide bonds. The lowest BCUT2D eigenvalue weighted by Crippen LogP contribution is -2.17. The zero-order valence-electron chi connectivity index (χ0n) is 19.1. The third-order valence-corrected chi connectivity index (χ3v) is 6.92. The molecule has 0 atom stereocenters. The van der Waals surface area contributed by atoms with Gasteiger partial charge < -0.3 is 9.64 Å². The second-order valence-corrected chi connectivity index (χ2v) is 9.56. The molecule has 2 aromatic heterocycles. The highest BCUT2D eigenvalue weighted by Gasteiger charge is 2.24. The Labute approximate surface area is 197 Å². The quantitative estimate of drug-likeness (QED) is 0.361. The second kappa shape index (κ2) is 8.87. The molecule has 168 valence electrons. The van der Waals surface area contributed by atoms with E-state index in [0.717, 1.165) is 34.9 Å². The van der Waals surface area contributed by atoms with Gasteiger partial charge in [0.05, 0.1) is 18.4 Å². The molecule has 4 aromatic rings. The van der Waals surface area contributed by atoms with Crippen LogP contribution in [0.2, 0.25) is 0 Å². The molecule has 5 nitrogen and oxygen atoms in total. The molecule has 5 rings (SSSR count). The largest absolute Gasteiger partial charge is 0.496 e. The highest BCUT2D eigenvalue weighted by Crippen LogP contribution is 2.37. The third-order valence-electron chi connectivity index (χ3n) is 6.17. The Morgan fingerprint density at radius 2 is 1.94 bits per heavy atom. The third kappa shape index (κ3) is 4.31. The minimum absolute atomic E-state index is 0.0534. The zero-order valence-corrected chi connectivity index (χ0v) is 19.9. The molecule has 0 unspecified atom stereocenters. The molecule has 0 radical (unpaired) electrons. The van der Waals surface area contributed by atoms with E-state index in [-0.39, 0.29) is 5.56 Å². The zero-order chi connectivity index (χ0) is 22.9. The van der Waals surface area contributed by atoms with E-state index in [4.69, 9.17) is 9.72 Å². The predicted octanol–water partition coefficient (Wildman–Crippen LogP) is 5.62. The SMILES string of the molecule is COc1cccc(/C=C/c2nc3sccn3c(=O)c2-c2ccc(N(C)C)cc2)c1CC1CC1. The lowest BCUT2D eigenvalue weighted by molar-refractivity contribution is 0.408. The van der Waals surface area contributed by atoms with Crippen molar-refractivity contribution in [3.63, 3.8) is 0 Å². The van der Waals surface area contributed by atoms with E-state index >= 15 is 0 Å². The van der Waals surface area contributed by atoms with E-state index in [1.165, 1.54) is 29.7 Å². The summed E-state index contributed by atoms with van der Waals surface area (Å²) in [5.74, 6) is 1.66. The molecule has 1 saturated carbocycles. The van der Waals surface area contributed by atoms with Crippen molar-refractivity contribution in [2.45, 2.75) is 19.3 Å².